The average molecular weight is 481 g/mol. The number of nitrogens with one attached hydrogen (secondary N) is 1. The maximum Gasteiger partial charge on any atom is 0.269 e. The number of benzene rings is 3. The number of hydrogen-bond acceptors (Lipinski definition) is 5. The number of rotatable bonds is 8. The zero-order valence-electron chi connectivity index (χ0n) is 17.7. The molecule has 1 heterocycles. The van der Waals surface area contributed by atoms with Gasteiger partial charge in [0.05, 0.1) is 11.5 Å². The first-order valence-corrected chi connectivity index (χ1v) is 10.5. The van der Waals surface area contributed by atoms with E-state index in [2.05, 4.69) is 10.4 Å². The fraction of sp³-hybridized carbons (Fsp3) is 0.0833. The predicted octanol–water partition coefficient (Wildman–Crippen LogP) is 5.46. The van der Waals surface area contributed by atoms with Gasteiger partial charge in [0.1, 0.15) is 18.2 Å². The number of nitrogens with zero attached hydrogens (tertiary/aromatic N) is 3. The molecule has 1 aromatic heterocycles. The van der Waals surface area contributed by atoms with Crippen molar-refractivity contribution in [2.45, 2.75) is 13.2 Å². The highest BCUT2D eigenvalue weighted by Gasteiger charge is 2.11. The second kappa shape index (κ2) is 10.1. The van der Waals surface area contributed by atoms with Crippen molar-refractivity contribution in [1.82, 2.24) is 9.78 Å². The van der Waals surface area contributed by atoms with Crippen LogP contribution in [0.1, 0.15) is 21.5 Å². The molecule has 1 N–H and O–H groups in total. The van der Waals surface area contributed by atoms with Crippen molar-refractivity contribution < 1.29 is 18.8 Å². The quantitative estimate of drug-likeness (QED) is 0.266. The van der Waals surface area contributed by atoms with E-state index in [4.69, 9.17) is 16.3 Å². The van der Waals surface area contributed by atoms with Gasteiger partial charge in [0.25, 0.3) is 11.6 Å². The van der Waals surface area contributed by atoms with Crippen LogP contribution in [-0.4, -0.2) is 20.6 Å². The zero-order chi connectivity index (χ0) is 24.1. The molecule has 0 bridgehead atoms. The van der Waals surface area contributed by atoms with Crippen LogP contribution in [-0.2, 0) is 13.2 Å². The smallest absolute Gasteiger partial charge is 0.269 e. The molecule has 10 heteroatoms. The summed E-state index contributed by atoms with van der Waals surface area (Å²) in [6, 6.07) is 18.5. The Morgan fingerprint density at radius 1 is 1.12 bits per heavy atom. The van der Waals surface area contributed by atoms with Crippen molar-refractivity contribution in [3.8, 4) is 5.75 Å². The van der Waals surface area contributed by atoms with Crippen LogP contribution >= 0.6 is 11.6 Å². The number of halogens is 2. The van der Waals surface area contributed by atoms with Crippen molar-refractivity contribution in [1.29, 1.82) is 0 Å². The molecule has 4 rings (SSSR count). The lowest BCUT2D eigenvalue weighted by atomic mass is 10.1. The van der Waals surface area contributed by atoms with Crippen LogP contribution in [0.3, 0.4) is 0 Å². The highest BCUT2D eigenvalue weighted by Crippen LogP contribution is 2.20. The molecular weight excluding hydrogens is 463 g/mol. The normalized spacial score (nSPS) is 10.6. The van der Waals surface area contributed by atoms with E-state index in [-0.39, 0.29) is 18.2 Å². The summed E-state index contributed by atoms with van der Waals surface area (Å²) >= 11 is 6.06. The van der Waals surface area contributed by atoms with Gasteiger partial charge in [-0.1, -0.05) is 29.8 Å². The molecule has 0 aliphatic rings. The molecule has 172 valence electrons. The molecule has 0 fully saturated rings. The molecule has 0 atom stereocenters. The maximum atomic E-state index is 13.2. The number of carbonyl (C=O) groups is 1. The second-order valence-corrected chi connectivity index (χ2v) is 7.74. The van der Waals surface area contributed by atoms with Crippen molar-refractivity contribution in [3.05, 3.63) is 117 Å². The number of nitro benzene ring substituents is 1. The van der Waals surface area contributed by atoms with E-state index in [1.807, 2.05) is 6.07 Å². The average Bonchev–Trinajstić information content (AvgIpc) is 3.26. The topological polar surface area (TPSA) is 99.3 Å². The molecule has 34 heavy (non-hydrogen) atoms. The summed E-state index contributed by atoms with van der Waals surface area (Å²) in [6.45, 7) is 0.510. The lowest BCUT2D eigenvalue weighted by Crippen LogP contribution is -2.13. The number of non-ortho nitro benzene ring substituents is 1. The van der Waals surface area contributed by atoms with Crippen LogP contribution in [0.4, 0.5) is 15.9 Å². The fourth-order valence-electron chi connectivity index (χ4n) is 3.16. The Hall–Kier alpha value is -4.24. The summed E-state index contributed by atoms with van der Waals surface area (Å²) in [7, 11) is 0. The minimum atomic E-state index is -0.479. The standard InChI is InChI=1S/C24H18ClFN4O4/c25-22-13-19(26)5-4-18(22)14-29-11-10-23(28-29)27-24(31)17-3-1-2-16(12-17)15-34-21-8-6-20(7-9-21)30(32)33/h1-13H,14-15H2,(H,27,28,31). The van der Waals surface area contributed by atoms with E-state index in [0.717, 1.165) is 5.56 Å². The van der Waals surface area contributed by atoms with Crippen LogP contribution < -0.4 is 10.1 Å². The molecule has 8 nitrogen and oxygen atoms in total. The number of carbonyl (C=O) groups excluding carboxylic acids is 1. The third-order valence-electron chi connectivity index (χ3n) is 4.87. The SMILES string of the molecule is O=C(Nc1ccn(Cc2ccc(F)cc2Cl)n1)c1cccc(COc2ccc([N+](=O)[O-])cc2)c1. The lowest BCUT2D eigenvalue weighted by molar-refractivity contribution is -0.384. The number of ether oxygens (including phenoxy) is 1. The van der Waals surface area contributed by atoms with E-state index >= 15 is 0 Å². The van der Waals surface area contributed by atoms with Gasteiger partial charge in [-0.05, 0) is 47.5 Å². The van der Waals surface area contributed by atoms with Crippen LogP contribution in [0.25, 0.3) is 0 Å². The van der Waals surface area contributed by atoms with Crippen LogP contribution in [0.15, 0.2) is 79.0 Å². The molecule has 0 saturated heterocycles. The van der Waals surface area contributed by atoms with E-state index < -0.39 is 10.7 Å². The number of anilines is 1. The van der Waals surface area contributed by atoms with Gasteiger partial charge in [-0.3, -0.25) is 19.6 Å². The lowest BCUT2D eigenvalue weighted by Gasteiger charge is -2.08. The summed E-state index contributed by atoms with van der Waals surface area (Å²) < 4.78 is 20.5. The maximum absolute atomic E-state index is 13.2. The Morgan fingerprint density at radius 3 is 2.65 bits per heavy atom. The third-order valence-corrected chi connectivity index (χ3v) is 5.22. The Balaban J connectivity index is 1.36. The van der Waals surface area contributed by atoms with E-state index in [1.165, 1.54) is 36.4 Å². The van der Waals surface area contributed by atoms with Gasteiger partial charge >= 0.3 is 0 Å². The second-order valence-electron chi connectivity index (χ2n) is 7.33. The Kier molecular flexibility index (Phi) is 6.84. The van der Waals surface area contributed by atoms with Crippen molar-refractivity contribution in [3.63, 3.8) is 0 Å². The van der Waals surface area contributed by atoms with Gasteiger partial charge in [0, 0.05) is 35.0 Å². The first-order chi connectivity index (χ1) is 16.4. The van der Waals surface area contributed by atoms with Crippen LogP contribution in [0, 0.1) is 15.9 Å². The van der Waals surface area contributed by atoms with Gasteiger partial charge in [-0.2, -0.15) is 5.10 Å². The molecule has 3 aromatic carbocycles. The number of hydrogen-bond donors (Lipinski definition) is 1. The monoisotopic (exact) mass is 480 g/mol. The summed E-state index contributed by atoms with van der Waals surface area (Å²) in [5, 5.41) is 18.1. The van der Waals surface area contributed by atoms with Gasteiger partial charge in [-0.25, -0.2) is 4.39 Å². The zero-order valence-corrected chi connectivity index (χ0v) is 18.4. The van der Waals surface area contributed by atoms with Gasteiger partial charge in [0.15, 0.2) is 5.82 Å². The van der Waals surface area contributed by atoms with Crippen molar-refractivity contribution in [2.75, 3.05) is 5.32 Å². The molecule has 0 aliphatic carbocycles. The van der Waals surface area contributed by atoms with Crippen molar-refractivity contribution >= 4 is 29.0 Å². The Morgan fingerprint density at radius 2 is 1.91 bits per heavy atom. The minimum absolute atomic E-state index is 0.0192. The third kappa shape index (κ3) is 5.76. The summed E-state index contributed by atoms with van der Waals surface area (Å²) in [4.78, 5) is 22.9. The van der Waals surface area contributed by atoms with Gasteiger partial charge in [-0.15, -0.1) is 0 Å². The molecule has 0 unspecified atom stereocenters. The van der Waals surface area contributed by atoms with E-state index in [9.17, 15) is 19.3 Å². The molecule has 0 spiro atoms. The van der Waals surface area contributed by atoms with E-state index in [1.54, 1.807) is 41.2 Å². The number of amides is 1. The molecule has 0 radical (unpaired) electrons. The minimum Gasteiger partial charge on any atom is -0.489 e. The fourth-order valence-corrected chi connectivity index (χ4v) is 3.39. The number of aromatic nitrogens is 2. The van der Waals surface area contributed by atoms with Gasteiger partial charge in [0.2, 0.25) is 0 Å². The molecule has 0 aliphatic heterocycles. The van der Waals surface area contributed by atoms with Crippen LogP contribution in [0.2, 0.25) is 5.02 Å². The summed E-state index contributed by atoms with van der Waals surface area (Å²) in [6.07, 6.45) is 1.68. The molecule has 0 saturated carbocycles. The van der Waals surface area contributed by atoms with E-state index in [0.29, 0.717) is 34.3 Å². The first-order valence-electron chi connectivity index (χ1n) is 10.1. The molecule has 4 aromatic rings. The summed E-state index contributed by atoms with van der Waals surface area (Å²) in [5.74, 6) is 0.0767. The van der Waals surface area contributed by atoms with Crippen molar-refractivity contribution in [2.24, 2.45) is 0 Å². The highest BCUT2D eigenvalue weighted by atomic mass is 35.5. The first kappa shape index (κ1) is 22.9. The summed E-state index contributed by atoms with van der Waals surface area (Å²) in [5.41, 5.74) is 1.85. The molecular formula is C24H18ClFN4O4. The predicted molar refractivity (Wildman–Crippen MR) is 125 cm³/mol. The number of nitro groups is 1. The highest BCUT2D eigenvalue weighted by molar-refractivity contribution is 6.31. The Labute approximate surface area is 198 Å². The van der Waals surface area contributed by atoms with Gasteiger partial charge < -0.3 is 10.1 Å². The van der Waals surface area contributed by atoms with Crippen LogP contribution in [0.5, 0.6) is 5.75 Å². The largest absolute Gasteiger partial charge is 0.489 e. The Bertz CT molecular complexity index is 1340. The molecule has 1 amide bonds.